The molecule has 0 spiro atoms. The van der Waals surface area contributed by atoms with Gasteiger partial charge in [0, 0.05) is 19.3 Å². The quantitative estimate of drug-likeness (QED) is 0.0261. The molecule has 0 heterocycles. The summed E-state index contributed by atoms with van der Waals surface area (Å²) < 4.78 is 16.9. The SMILES string of the molecule is CC/C=C\C/C=C\C/C=C\C/C=C\C/C=C\CCCCCCCCCCCCCCCCCCCCCC(=O)OCC(COC(=O)CCCCCCCC)OC(=O)CCCCCCCCCCCCC/C=C\CCCCCCCCCC. The number of allylic oxidation sites excluding steroid dienone is 12. The van der Waals surface area contributed by atoms with Crippen molar-refractivity contribution in [3.63, 3.8) is 0 Å². The number of carbonyl (C=O) groups is 3. The topological polar surface area (TPSA) is 78.9 Å². The molecule has 0 N–H and O–H groups in total. The van der Waals surface area contributed by atoms with E-state index in [1.807, 2.05) is 0 Å². The number of hydrogen-bond acceptors (Lipinski definition) is 6. The average Bonchev–Trinajstić information content (AvgIpc) is 3.47. The summed E-state index contributed by atoms with van der Waals surface area (Å²) >= 11 is 0. The molecule has 1 unspecified atom stereocenters. The van der Waals surface area contributed by atoms with E-state index < -0.39 is 6.10 Å². The van der Waals surface area contributed by atoms with Gasteiger partial charge in [0.25, 0.3) is 0 Å². The van der Waals surface area contributed by atoms with E-state index in [4.69, 9.17) is 14.2 Å². The first kappa shape index (κ1) is 78.8. The summed E-state index contributed by atoms with van der Waals surface area (Å²) in [4.78, 5) is 38.1. The van der Waals surface area contributed by atoms with Crippen LogP contribution in [0.2, 0.25) is 0 Å². The van der Waals surface area contributed by atoms with E-state index in [2.05, 4.69) is 93.7 Å². The largest absolute Gasteiger partial charge is 0.462 e. The summed E-state index contributed by atoms with van der Waals surface area (Å²) in [5.41, 5.74) is 0. The molecular formula is C76H136O6. The molecular weight excluding hydrogens is 1010 g/mol. The van der Waals surface area contributed by atoms with Gasteiger partial charge in [0.2, 0.25) is 0 Å². The fraction of sp³-hybridized carbons (Fsp3) is 0.803. The van der Waals surface area contributed by atoms with Crippen LogP contribution in [-0.4, -0.2) is 37.2 Å². The van der Waals surface area contributed by atoms with Crippen molar-refractivity contribution in [1.82, 2.24) is 0 Å². The minimum absolute atomic E-state index is 0.0698. The summed E-state index contributed by atoms with van der Waals surface area (Å²) in [7, 11) is 0. The molecule has 0 aliphatic carbocycles. The van der Waals surface area contributed by atoms with Gasteiger partial charge in [-0.3, -0.25) is 14.4 Å². The zero-order chi connectivity index (χ0) is 59.2. The molecule has 0 amide bonds. The van der Waals surface area contributed by atoms with Crippen LogP contribution in [0.4, 0.5) is 0 Å². The Balaban J connectivity index is 3.95. The zero-order valence-corrected chi connectivity index (χ0v) is 54.8. The van der Waals surface area contributed by atoms with Crippen molar-refractivity contribution in [3.05, 3.63) is 72.9 Å². The van der Waals surface area contributed by atoms with Crippen molar-refractivity contribution in [2.24, 2.45) is 0 Å². The maximum atomic E-state index is 12.9. The first-order valence-corrected chi connectivity index (χ1v) is 35.9. The third-order valence-corrected chi connectivity index (χ3v) is 15.9. The maximum absolute atomic E-state index is 12.9. The Bertz CT molecular complexity index is 1500. The van der Waals surface area contributed by atoms with Gasteiger partial charge in [-0.15, -0.1) is 0 Å². The van der Waals surface area contributed by atoms with Crippen molar-refractivity contribution in [2.45, 2.75) is 380 Å². The first-order chi connectivity index (χ1) is 40.5. The van der Waals surface area contributed by atoms with Gasteiger partial charge in [-0.1, -0.05) is 338 Å². The molecule has 0 aromatic heterocycles. The molecule has 0 bridgehead atoms. The second-order valence-electron chi connectivity index (χ2n) is 24.1. The number of esters is 3. The Morgan fingerprint density at radius 1 is 0.256 bits per heavy atom. The summed E-state index contributed by atoms with van der Waals surface area (Å²) in [6.07, 6.45) is 92.7. The van der Waals surface area contributed by atoms with E-state index in [0.29, 0.717) is 19.3 Å². The van der Waals surface area contributed by atoms with E-state index in [-0.39, 0.29) is 31.1 Å². The molecule has 6 heteroatoms. The highest BCUT2D eigenvalue weighted by Gasteiger charge is 2.19. The molecule has 0 radical (unpaired) electrons. The van der Waals surface area contributed by atoms with Crippen LogP contribution < -0.4 is 0 Å². The Morgan fingerprint density at radius 2 is 0.476 bits per heavy atom. The van der Waals surface area contributed by atoms with Gasteiger partial charge in [0.05, 0.1) is 0 Å². The lowest BCUT2D eigenvalue weighted by Gasteiger charge is -2.18. The molecule has 0 aromatic carbocycles. The predicted molar refractivity (Wildman–Crippen MR) is 358 cm³/mol. The number of ether oxygens (including phenoxy) is 3. The standard InChI is InChI=1S/C76H136O6/c1-4-7-10-13-16-18-20-22-24-26-28-30-32-33-34-35-36-37-38-39-40-41-42-43-45-46-48-50-52-54-56-58-60-63-66-69-75(78)81-72-73(71-80-74(77)68-65-62-15-12-9-6-3)82-76(79)70-67-64-61-59-57-55-53-51-49-47-44-31-29-27-25-23-21-19-17-14-11-8-5-2/h7,10,16,18,22,24,27-30,33-34,73H,4-6,8-9,11-15,17,19-21,23,25-26,31-32,35-72H2,1-3H3/b10-7-,18-16-,24-22-,29-27-,30-28-,34-33-. The van der Waals surface area contributed by atoms with Gasteiger partial charge in [-0.2, -0.15) is 0 Å². The molecule has 0 saturated heterocycles. The van der Waals surface area contributed by atoms with Gasteiger partial charge in [-0.25, -0.2) is 0 Å². The highest BCUT2D eigenvalue weighted by molar-refractivity contribution is 5.71. The Hall–Kier alpha value is -3.15. The van der Waals surface area contributed by atoms with Gasteiger partial charge in [0.15, 0.2) is 6.10 Å². The number of hydrogen-bond donors (Lipinski definition) is 0. The number of carbonyl (C=O) groups excluding carboxylic acids is 3. The monoisotopic (exact) mass is 1150 g/mol. The van der Waals surface area contributed by atoms with Crippen LogP contribution in [0.15, 0.2) is 72.9 Å². The van der Waals surface area contributed by atoms with Gasteiger partial charge in [0.1, 0.15) is 13.2 Å². The third kappa shape index (κ3) is 67.6. The van der Waals surface area contributed by atoms with Crippen LogP contribution in [0.25, 0.3) is 0 Å². The second kappa shape index (κ2) is 70.3. The Kier molecular flexibility index (Phi) is 67.6. The van der Waals surface area contributed by atoms with Gasteiger partial charge >= 0.3 is 17.9 Å². The van der Waals surface area contributed by atoms with E-state index in [9.17, 15) is 14.4 Å². The third-order valence-electron chi connectivity index (χ3n) is 15.9. The predicted octanol–water partition coefficient (Wildman–Crippen LogP) is 24.8. The van der Waals surface area contributed by atoms with Crippen molar-refractivity contribution < 1.29 is 28.6 Å². The molecule has 476 valence electrons. The van der Waals surface area contributed by atoms with Crippen LogP contribution in [-0.2, 0) is 28.6 Å². The lowest BCUT2D eigenvalue weighted by molar-refractivity contribution is -0.167. The molecule has 0 aliphatic rings. The van der Waals surface area contributed by atoms with Crippen molar-refractivity contribution in [1.29, 1.82) is 0 Å². The van der Waals surface area contributed by atoms with Crippen LogP contribution in [0.5, 0.6) is 0 Å². The fourth-order valence-corrected chi connectivity index (χ4v) is 10.6. The van der Waals surface area contributed by atoms with Gasteiger partial charge in [-0.05, 0) is 89.9 Å². The molecule has 0 aliphatic heterocycles. The number of unbranched alkanes of at least 4 members (excludes halogenated alkanes) is 43. The smallest absolute Gasteiger partial charge is 0.306 e. The number of rotatable bonds is 66. The zero-order valence-electron chi connectivity index (χ0n) is 54.8. The van der Waals surface area contributed by atoms with Crippen LogP contribution in [0, 0.1) is 0 Å². The van der Waals surface area contributed by atoms with Crippen LogP contribution in [0.1, 0.15) is 374 Å². The van der Waals surface area contributed by atoms with Crippen LogP contribution >= 0.6 is 0 Å². The van der Waals surface area contributed by atoms with Crippen molar-refractivity contribution in [2.75, 3.05) is 13.2 Å². The summed E-state index contributed by atoms with van der Waals surface area (Å²) in [5.74, 6) is -0.859. The van der Waals surface area contributed by atoms with Crippen LogP contribution in [0.3, 0.4) is 0 Å². The van der Waals surface area contributed by atoms with Gasteiger partial charge < -0.3 is 14.2 Å². The first-order valence-electron chi connectivity index (χ1n) is 35.9. The van der Waals surface area contributed by atoms with E-state index in [0.717, 1.165) is 89.9 Å². The minimum Gasteiger partial charge on any atom is -0.462 e. The Morgan fingerprint density at radius 3 is 0.756 bits per heavy atom. The summed E-state index contributed by atoms with van der Waals surface area (Å²) in [6.45, 7) is 6.52. The molecule has 82 heavy (non-hydrogen) atoms. The lowest BCUT2D eigenvalue weighted by Crippen LogP contribution is -2.30. The summed E-state index contributed by atoms with van der Waals surface area (Å²) in [5, 5.41) is 0. The maximum Gasteiger partial charge on any atom is 0.306 e. The molecule has 0 rings (SSSR count). The molecule has 0 aromatic rings. The summed E-state index contributed by atoms with van der Waals surface area (Å²) in [6, 6.07) is 0. The van der Waals surface area contributed by atoms with Crippen molar-refractivity contribution in [3.8, 4) is 0 Å². The molecule has 6 nitrogen and oxygen atoms in total. The molecule has 0 fully saturated rings. The molecule has 0 saturated carbocycles. The Labute approximate surface area is 510 Å². The van der Waals surface area contributed by atoms with E-state index >= 15 is 0 Å². The average molecular weight is 1150 g/mol. The van der Waals surface area contributed by atoms with E-state index in [1.165, 1.54) is 244 Å². The normalized spacial score (nSPS) is 12.5. The molecule has 1 atom stereocenters. The minimum atomic E-state index is -0.770. The van der Waals surface area contributed by atoms with E-state index in [1.54, 1.807) is 0 Å². The second-order valence-corrected chi connectivity index (χ2v) is 24.1. The highest BCUT2D eigenvalue weighted by Crippen LogP contribution is 2.18. The fourth-order valence-electron chi connectivity index (χ4n) is 10.6. The highest BCUT2D eigenvalue weighted by atomic mass is 16.6. The lowest BCUT2D eigenvalue weighted by atomic mass is 10.0. The van der Waals surface area contributed by atoms with Crippen molar-refractivity contribution >= 4 is 17.9 Å².